The van der Waals surface area contributed by atoms with Gasteiger partial charge in [-0.25, -0.2) is 0 Å². The number of benzene rings is 1. The fraction of sp³-hybridized carbons (Fsp3) is 0.625. The van der Waals surface area contributed by atoms with Crippen LogP contribution in [-0.2, 0) is 0 Å². The van der Waals surface area contributed by atoms with Gasteiger partial charge in [0.25, 0.3) is 0 Å². The molecule has 2 bridgehead atoms. The highest BCUT2D eigenvalue weighted by atomic mass is 32.1. The van der Waals surface area contributed by atoms with Crippen LogP contribution in [-0.4, -0.2) is 60.8 Å². The Labute approximate surface area is 185 Å². The van der Waals surface area contributed by atoms with Crippen molar-refractivity contribution in [3.63, 3.8) is 0 Å². The van der Waals surface area contributed by atoms with Crippen LogP contribution in [0.2, 0.25) is 0 Å². The van der Waals surface area contributed by atoms with Crippen LogP contribution in [0, 0.1) is 11.8 Å². The van der Waals surface area contributed by atoms with E-state index in [1.54, 1.807) is 19.8 Å². The van der Waals surface area contributed by atoms with E-state index in [9.17, 15) is 0 Å². The fourth-order valence-electron chi connectivity index (χ4n) is 6.30. The molecule has 3 heterocycles. The Bertz CT molecular complexity index is 842. The predicted octanol–water partition coefficient (Wildman–Crippen LogP) is 4.30. The summed E-state index contributed by atoms with van der Waals surface area (Å²) in [5.74, 6) is 3.00. The highest BCUT2D eigenvalue weighted by Gasteiger charge is 2.46. The standard InChI is InChI=1S/C24H33N3O2S/c1-28-19-8-9-22(29-2)20(14-19)25-24(30)27-11-5-6-16-12-17-13-18(23(16)27)15-26-10-4-3-7-21(17)26/h8-9,12,14,17-18,21,23H,3-7,10-11,13,15H2,1-2H3,(H,25,30)/t17-,18-,21-,23-/m1/s1. The van der Waals surface area contributed by atoms with Gasteiger partial charge in [0.2, 0.25) is 0 Å². The predicted molar refractivity (Wildman–Crippen MR) is 124 cm³/mol. The van der Waals surface area contributed by atoms with Gasteiger partial charge in [-0.15, -0.1) is 0 Å². The number of ether oxygens (including phenoxy) is 2. The third-order valence-corrected chi connectivity index (χ3v) is 7.90. The van der Waals surface area contributed by atoms with E-state index in [-0.39, 0.29) is 0 Å². The summed E-state index contributed by atoms with van der Waals surface area (Å²) in [5, 5.41) is 4.28. The summed E-state index contributed by atoms with van der Waals surface area (Å²) in [6.07, 6.45) is 10.5. The van der Waals surface area contributed by atoms with E-state index in [0.717, 1.165) is 40.8 Å². The molecule has 4 aliphatic rings. The molecule has 0 amide bonds. The van der Waals surface area contributed by atoms with Gasteiger partial charge in [0.1, 0.15) is 11.5 Å². The second-order valence-corrected chi connectivity index (χ2v) is 9.58. The lowest BCUT2D eigenvalue weighted by Gasteiger charge is -2.55. The van der Waals surface area contributed by atoms with Crippen LogP contribution >= 0.6 is 12.2 Å². The third-order valence-electron chi connectivity index (χ3n) is 7.57. The fourth-order valence-corrected chi connectivity index (χ4v) is 6.61. The number of methoxy groups -OCH3 is 2. The van der Waals surface area contributed by atoms with Crippen LogP contribution < -0.4 is 14.8 Å². The summed E-state index contributed by atoms with van der Waals surface area (Å²) >= 11 is 5.95. The normalized spacial score (nSPS) is 30.6. The average molecular weight is 428 g/mol. The molecular weight excluding hydrogens is 394 g/mol. The molecule has 5 nitrogen and oxygen atoms in total. The number of piperidine rings is 3. The highest BCUT2D eigenvalue weighted by Crippen LogP contribution is 2.45. The van der Waals surface area contributed by atoms with Crippen molar-refractivity contribution in [2.45, 2.75) is 50.6 Å². The molecule has 3 fully saturated rings. The third kappa shape index (κ3) is 3.58. The Morgan fingerprint density at radius 2 is 2.03 bits per heavy atom. The van der Waals surface area contributed by atoms with Crippen molar-refractivity contribution in [1.29, 1.82) is 0 Å². The maximum absolute atomic E-state index is 5.95. The molecule has 0 spiro atoms. The topological polar surface area (TPSA) is 37.0 Å². The van der Waals surface area contributed by atoms with Gasteiger partial charge in [-0.2, -0.15) is 0 Å². The minimum atomic E-state index is 0.439. The molecule has 0 unspecified atom stereocenters. The molecule has 3 saturated heterocycles. The average Bonchev–Trinajstić information content (AvgIpc) is 2.78. The Kier molecular flexibility index (Phi) is 5.63. The molecule has 1 N–H and O–H groups in total. The van der Waals surface area contributed by atoms with Crippen LogP contribution in [0.15, 0.2) is 29.8 Å². The zero-order valence-electron chi connectivity index (χ0n) is 18.1. The first-order valence-electron chi connectivity index (χ1n) is 11.4. The van der Waals surface area contributed by atoms with E-state index in [1.807, 2.05) is 18.2 Å². The number of likely N-dealkylation sites (tertiary alicyclic amines) is 1. The van der Waals surface area contributed by atoms with Crippen LogP contribution in [0.5, 0.6) is 11.5 Å². The first kappa shape index (κ1) is 20.1. The molecule has 0 saturated carbocycles. The Hall–Kier alpha value is -1.79. The number of anilines is 1. The minimum Gasteiger partial charge on any atom is -0.497 e. The molecular formula is C24H33N3O2S. The molecule has 0 radical (unpaired) electrons. The van der Waals surface area contributed by atoms with Crippen molar-refractivity contribution in [2.75, 3.05) is 39.2 Å². The van der Waals surface area contributed by atoms with E-state index in [1.165, 1.54) is 51.6 Å². The number of fused-ring (bicyclic) bond motifs is 6. The summed E-state index contributed by atoms with van der Waals surface area (Å²) in [6, 6.07) is 7.02. The maximum Gasteiger partial charge on any atom is 0.174 e. The molecule has 6 heteroatoms. The number of nitrogens with one attached hydrogen (secondary N) is 1. The lowest BCUT2D eigenvalue weighted by Crippen LogP contribution is -2.60. The van der Waals surface area contributed by atoms with Gasteiger partial charge in [0.05, 0.1) is 25.9 Å². The summed E-state index contributed by atoms with van der Waals surface area (Å²) in [5.41, 5.74) is 2.50. The van der Waals surface area contributed by atoms with Gasteiger partial charge in [0.15, 0.2) is 5.11 Å². The Morgan fingerprint density at radius 3 is 2.87 bits per heavy atom. The molecule has 162 valence electrons. The monoisotopic (exact) mass is 427 g/mol. The smallest absolute Gasteiger partial charge is 0.174 e. The van der Waals surface area contributed by atoms with Crippen molar-refractivity contribution in [3.8, 4) is 11.5 Å². The van der Waals surface area contributed by atoms with Crippen LogP contribution in [0.1, 0.15) is 38.5 Å². The summed E-state index contributed by atoms with van der Waals surface area (Å²) in [7, 11) is 3.37. The quantitative estimate of drug-likeness (QED) is 0.573. The van der Waals surface area contributed by atoms with Crippen molar-refractivity contribution in [1.82, 2.24) is 9.80 Å². The minimum absolute atomic E-state index is 0.439. The molecule has 30 heavy (non-hydrogen) atoms. The second-order valence-electron chi connectivity index (χ2n) is 9.20. The van der Waals surface area contributed by atoms with Crippen molar-refractivity contribution in [3.05, 3.63) is 29.8 Å². The first-order chi connectivity index (χ1) is 14.7. The molecule has 4 atom stereocenters. The van der Waals surface area contributed by atoms with Crippen LogP contribution in [0.4, 0.5) is 5.69 Å². The van der Waals surface area contributed by atoms with E-state index < -0.39 is 0 Å². The van der Waals surface area contributed by atoms with Gasteiger partial charge in [-0.1, -0.05) is 18.1 Å². The number of hydrogen-bond acceptors (Lipinski definition) is 4. The van der Waals surface area contributed by atoms with Crippen LogP contribution in [0.3, 0.4) is 0 Å². The molecule has 5 rings (SSSR count). The zero-order valence-corrected chi connectivity index (χ0v) is 18.9. The molecule has 1 aromatic carbocycles. The van der Waals surface area contributed by atoms with Gasteiger partial charge in [-0.3, -0.25) is 4.90 Å². The first-order valence-corrected chi connectivity index (χ1v) is 11.8. The molecule has 3 aliphatic heterocycles. The van der Waals surface area contributed by atoms with Gasteiger partial charge in [-0.05, 0) is 74.8 Å². The Morgan fingerprint density at radius 1 is 1.13 bits per heavy atom. The lowest BCUT2D eigenvalue weighted by atomic mass is 9.68. The summed E-state index contributed by atoms with van der Waals surface area (Å²) < 4.78 is 11.0. The number of thiocarbonyl (C=S) groups is 1. The zero-order chi connectivity index (χ0) is 20.7. The number of rotatable bonds is 3. The number of nitrogens with zero attached hydrogens (tertiary/aromatic N) is 2. The maximum atomic E-state index is 5.95. The molecule has 1 aromatic rings. The van der Waals surface area contributed by atoms with Gasteiger partial charge < -0.3 is 19.7 Å². The summed E-state index contributed by atoms with van der Waals surface area (Å²) in [4.78, 5) is 5.23. The molecule has 0 aromatic heterocycles. The van der Waals surface area contributed by atoms with E-state index >= 15 is 0 Å². The van der Waals surface area contributed by atoms with E-state index in [0.29, 0.717) is 12.0 Å². The molecule has 1 aliphatic carbocycles. The van der Waals surface area contributed by atoms with Gasteiger partial charge in [0, 0.05) is 25.2 Å². The Balaban J connectivity index is 1.39. The SMILES string of the molecule is COc1ccc(OC)c(NC(=S)N2CCCC3=C[C@@H]4C[C@H](CN5CCCC[C@H]45)[C@@H]32)c1. The lowest BCUT2D eigenvalue weighted by molar-refractivity contribution is 0.0132. The van der Waals surface area contributed by atoms with Crippen molar-refractivity contribution >= 4 is 23.0 Å². The van der Waals surface area contributed by atoms with E-state index in [4.69, 9.17) is 21.7 Å². The van der Waals surface area contributed by atoms with Gasteiger partial charge >= 0.3 is 0 Å². The highest BCUT2D eigenvalue weighted by molar-refractivity contribution is 7.80. The van der Waals surface area contributed by atoms with Crippen LogP contribution in [0.25, 0.3) is 0 Å². The number of hydrogen-bond donors (Lipinski definition) is 1. The summed E-state index contributed by atoms with van der Waals surface area (Å²) in [6.45, 7) is 3.52. The van der Waals surface area contributed by atoms with Crippen molar-refractivity contribution in [2.24, 2.45) is 11.8 Å². The van der Waals surface area contributed by atoms with E-state index in [2.05, 4.69) is 21.2 Å². The van der Waals surface area contributed by atoms with Crippen molar-refractivity contribution < 1.29 is 9.47 Å². The second kappa shape index (κ2) is 8.39. The largest absolute Gasteiger partial charge is 0.497 e.